The number of carbonyl (C=O) groups is 3. The third-order valence-electron chi connectivity index (χ3n) is 7.57. The summed E-state index contributed by atoms with van der Waals surface area (Å²) >= 11 is 0. The summed E-state index contributed by atoms with van der Waals surface area (Å²) in [6.45, 7) is 0.224. The smallest absolute Gasteiger partial charge is 0.407 e. The number of carboxylic acid groups (broad SMARTS) is 1. The Morgan fingerprint density at radius 2 is 1.60 bits per heavy atom. The molecule has 3 aliphatic carbocycles. The lowest BCUT2D eigenvalue weighted by Crippen LogP contribution is -2.54. The Labute approximate surface area is 204 Å². The number of fused-ring (bicyclic) bond motifs is 3. The van der Waals surface area contributed by atoms with Gasteiger partial charge in [-0.2, -0.15) is 0 Å². The molecule has 0 aliphatic heterocycles. The second-order valence-electron chi connectivity index (χ2n) is 9.76. The van der Waals surface area contributed by atoms with E-state index in [9.17, 15) is 19.5 Å². The molecule has 3 aliphatic rings. The highest BCUT2D eigenvalue weighted by molar-refractivity contribution is 5.88. The number of ether oxygens (including phenoxy) is 1. The summed E-state index contributed by atoms with van der Waals surface area (Å²) in [6.07, 6.45) is 6.63. The predicted octanol–water partition coefficient (Wildman–Crippen LogP) is 4.37. The van der Waals surface area contributed by atoms with E-state index >= 15 is 0 Å². The molecule has 7 nitrogen and oxygen atoms in total. The minimum atomic E-state index is -1.16. The number of carboxylic acids is 1. The highest BCUT2D eigenvalue weighted by atomic mass is 16.5. The quantitative estimate of drug-likeness (QED) is 0.539. The van der Waals surface area contributed by atoms with Crippen molar-refractivity contribution in [3.63, 3.8) is 0 Å². The lowest BCUT2D eigenvalue weighted by molar-refractivity contribution is -0.148. The fourth-order valence-corrected chi connectivity index (χ4v) is 5.71. The van der Waals surface area contributed by atoms with Crippen LogP contribution in [0.2, 0.25) is 0 Å². The van der Waals surface area contributed by atoms with Gasteiger partial charge in [0.2, 0.25) is 5.91 Å². The summed E-state index contributed by atoms with van der Waals surface area (Å²) < 4.78 is 5.63. The number of alkyl carbamates (subject to hydrolysis) is 1. The van der Waals surface area contributed by atoms with Crippen LogP contribution in [0.3, 0.4) is 0 Å². The van der Waals surface area contributed by atoms with Crippen LogP contribution in [0, 0.1) is 5.92 Å². The molecule has 2 atom stereocenters. The minimum Gasteiger partial charge on any atom is -0.480 e. The van der Waals surface area contributed by atoms with Crippen LogP contribution in [0.5, 0.6) is 0 Å². The Morgan fingerprint density at radius 3 is 2.23 bits per heavy atom. The summed E-state index contributed by atoms with van der Waals surface area (Å²) in [5.41, 5.74) is 3.48. The molecule has 0 radical (unpaired) electrons. The maximum atomic E-state index is 12.9. The standard InChI is InChI=1S/C28H30N2O5/c31-25(30-28(26(32)33)14-5-6-15-28)18-8-7-9-19(16-18)29-27(34)35-17-24-22-12-3-1-10-20(22)21-11-2-4-13-23(21)24/h1-4,7,9-13,18-19,24H,5-6,8,14-17H2,(H,29,34)(H,30,31)(H,32,33). The van der Waals surface area contributed by atoms with Crippen LogP contribution in [-0.2, 0) is 14.3 Å². The molecule has 2 aromatic carbocycles. The van der Waals surface area contributed by atoms with Gasteiger partial charge in [-0.3, -0.25) is 4.79 Å². The first-order valence-corrected chi connectivity index (χ1v) is 12.3. The van der Waals surface area contributed by atoms with Gasteiger partial charge in [-0.05, 0) is 47.9 Å². The second-order valence-corrected chi connectivity index (χ2v) is 9.76. The van der Waals surface area contributed by atoms with Crippen molar-refractivity contribution in [2.45, 2.75) is 56.0 Å². The molecule has 2 aromatic rings. The summed E-state index contributed by atoms with van der Waals surface area (Å²) in [7, 11) is 0. The Balaban J connectivity index is 1.17. The molecular weight excluding hydrogens is 444 g/mol. The molecule has 0 aromatic heterocycles. The molecule has 35 heavy (non-hydrogen) atoms. The van der Waals surface area contributed by atoms with Gasteiger partial charge in [-0.15, -0.1) is 0 Å². The van der Waals surface area contributed by atoms with Crippen molar-refractivity contribution in [1.82, 2.24) is 10.6 Å². The predicted molar refractivity (Wildman–Crippen MR) is 131 cm³/mol. The normalized spacial score (nSPS) is 22.2. The van der Waals surface area contributed by atoms with Crippen LogP contribution >= 0.6 is 0 Å². The third kappa shape index (κ3) is 4.55. The van der Waals surface area contributed by atoms with E-state index in [1.807, 2.05) is 36.4 Å². The fourth-order valence-electron chi connectivity index (χ4n) is 5.71. The number of benzene rings is 2. The van der Waals surface area contributed by atoms with Gasteiger partial charge in [0.1, 0.15) is 12.1 Å². The Bertz CT molecular complexity index is 1120. The molecule has 1 saturated carbocycles. The van der Waals surface area contributed by atoms with Crippen molar-refractivity contribution in [1.29, 1.82) is 0 Å². The van der Waals surface area contributed by atoms with Gasteiger partial charge in [0.25, 0.3) is 0 Å². The average molecular weight is 475 g/mol. The molecule has 2 amide bonds. The van der Waals surface area contributed by atoms with Gasteiger partial charge in [-0.25, -0.2) is 9.59 Å². The molecule has 182 valence electrons. The van der Waals surface area contributed by atoms with Gasteiger partial charge in [-0.1, -0.05) is 73.5 Å². The number of aliphatic carboxylic acids is 1. The Morgan fingerprint density at radius 1 is 0.971 bits per heavy atom. The van der Waals surface area contributed by atoms with Gasteiger partial charge >= 0.3 is 12.1 Å². The lowest BCUT2D eigenvalue weighted by Gasteiger charge is -2.30. The average Bonchev–Trinajstić information content (AvgIpc) is 3.47. The van der Waals surface area contributed by atoms with E-state index in [1.165, 1.54) is 11.1 Å². The number of carbonyl (C=O) groups excluding carboxylic acids is 2. The summed E-state index contributed by atoms with van der Waals surface area (Å²) in [4.78, 5) is 37.3. The van der Waals surface area contributed by atoms with Gasteiger partial charge in [0.15, 0.2) is 0 Å². The largest absolute Gasteiger partial charge is 0.480 e. The zero-order valence-electron chi connectivity index (χ0n) is 19.5. The maximum Gasteiger partial charge on any atom is 0.407 e. The van der Waals surface area contributed by atoms with Gasteiger partial charge in [0, 0.05) is 11.8 Å². The Kier molecular flexibility index (Phi) is 6.32. The number of amides is 2. The Hall–Kier alpha value is -3.61. The van der Waals surface area contributed by atoms with Crippen molar-refractivity contribution in [3.05, 3.63) is 71.8 Å². The molecule has 2 unspecified atom stereocenters. The zero-order chi connectivity index (χ0) is 24.4. The number of nitrogens with one attached hydrogen (secondary N) is 2. The van der Waals surface area contributed by atoms with E-state index in [4.69, 9.17) is 4.74 Å². The van der Waals surface area contributed by atoms with E-state index in [2.05, 4.69) is 34.9 Å². The monoisotopic (exact) mass is 474 g/mol. The topological polar surface area (TPSA) is 105 Å². The molecule has 0 bridgehead atoms. The van der Waals surface area contributed by atoms with Crippen LogP contribution in [0.4, 0.5) is 4.79 Å². The molecule has 5 rings (SSSR count). The van der Waals surface area contributed by atoms with Gasteiger partial charge in [0.05, 0.1) is 6.04 Å². The maximum absolute atomic E-state index is 12.9. The van der Waals surface area contributed by atoms with Crippen molar-refractivity contribution in [2.75, 3.05) is 6.61 Å². The highest BCUT2D eigenvalue weighted by Gasteiger charge is 2.43. The highest BCUT2D eigenvalue weighted by Crippen LogP contribution is 2.44. The van der Waals surface area contributed by atoms with Gasteiger partial charge < -0.3 is 20.5 Å². The molecule has 0 spiro atoms. The minimum absolute atomic E-state index is 0.0211. The molecule has 0 heterocycles. The van der Waals surface area contributed by atoms with Crippen LogP contribution < -0.4 is 10.6 Å². The first-order chi connectivity index (χ1) is 17.0. The van der Waals surface area contributed by atoms with E-state index in [-0.39, 0.29) is 24.5 Å². The zero-order valence-corrected chi connectivity index (χ0v) is 19.5. The van der Waals surface area contributed by atoms with Crippen LogP contribution in [0.15, 0.2) is 60.7 Å². The fraction of sp³-hybridized carbons (Fsp3) is 0.393. The van der Waals surface area contributed by atoms with E-state index in [0.717, 1.165) is 24.0 Å². The summed E-state index contributed by atoms with van der Waals surface area (Å²) in [5.74, 6) is -1.65. The van der Waals surface area contributed by atoms with Crippen molar-refractivity contribution >= 4 is 18.0 Å². The van der Waals surface area contributed by atoms with Crippen molar-refractivity contribution in [2.24, 2.45) is 5.92 Å². The number of rotatable bonds is 6. The van der Waals surface area contributed by atoms with Crippen molar-refractivity contribution in [3.8, 4) is 11.1 Å². The summed E-state index contributed by atoms with van der Waals surface area (Å²) in [6, 6.07) is 16.0. The summed E-state index contributed by atoms with van der Waals surface area (Å²) in [5, 5.41) is 15.3. The number of hydrogen-bond acceptors (Lipinski definition) is 4. The van der Waals surface area contributed by atoms with Crippen LogP contribution in [-0.4, -0.2) is 41.3 Å². The first-order valence-electron chi connectivity index (χ1n) is 12.3. The second kappa shape index (κ2) is 9.56. The molecule has 0 saturated heterocycles. The van der Waals surface area contributed by atoms with Crippen LogP contribution in [0.25, 0.3) is 11.1 Å². The van der Waals surface area contributed by atoms with E-state index in [1.54, 1.807) is 0 Å². The molecule has 7 heteroatoms. The van der Waals surface area contributed by atoms with E-state index in [0.29, 0.717) is 25.7 Å². The number of allylic oxidation sites excluding steroid dienone is 1. The first kappa shape index (κ1) is 23.1. The molecule has 1 fully saturated rings. The molecule has 3 N–H and O–H groups in total. The van der Waals surface area contributed by atoms with Crippen molar-refractivity contribution < 1.29 is 24.2 Å². The number of hydrogen-bond donors (Lipinski definition) is 3. The van der Waals surface area contributed by atoms with E-state index < -0.39 is 23.5 Å². The lowest BCUT2D eigenvalue weighted by atomic mass is 9.88. The SMILES string of the molecule is O=C(NC1C=CCC(C(=O)NC2(C(=O)O)CCCC2)C1)OCC1c2ccccc2-c2ccccc21. The molecular formula is C28H30N2O5. The van der Waals surface area contributed by atoms with Crippen LogP contribution in [0.1, 0.15) is 55.6 Å². The third-order valence-corrected chi connectivity index (χ3v) is 7.57.